The fourth-order valence-electron chi connectivity index (χ4n) is 2.60. The lowest BCUT2D eigenvalue weighted by Gasteiger charge is -2.32. The SMILES string of the molecule is CCCCCC(=O)N1CCC(Oc2ccccc2)CC1. The van der Waals surface area contributed by atoms with E-state index in [0.29, 0.717) is 12.3 Å². The van der Waals surface area contributed by atoms with E-state index in [1.54, 1.807) is 0 Å². The molecule has 0 N–H and O–H groups in total. The Bertz CT molecular complexity index is 397. The van der Waals surface area contributed by atoms with Crippen molar-refractivity contribution in [3.8, 4) is 5.75 Å². The first-order valence-electron chi connectivity index (χ1n) is 7.79. The summed E-state index contributed by atoms with van der Waals surface area (Å²) in [6.45, 7) is 3.84. The molecule has 3 nitrogen and oxygen atoms in total. The first-order chi connectivity index (χ1) is 9.79. The van der Waals surface area contributed by atoms with Crippen LogP contribution >= 0.6 is 0 Å². The number of nitrogens with zero attached hydrogens (tertiary/aromatic N) is 1. The number of piperidine rings is 1. The quantitative estimate of drug-likeness (QED) is 0.742. The Labute approximate surface area is 121 Å². The molecule has 0 spiro atoms. The summed E-state index contributed by atoms with van der Waals surface area (Å²) in [5.41, 5.74) is 0. The number of hydrogen-bond donors (Lipinski definition) is 0. The summed E-state index contributed by atoms with van der Waals surface area (Å²) in [4.78, 5) is 14.0. The molecule has 1 aliphatic rings. The number of amides is 1. The van der Waals surface area contributed by atoms with E-state index in [2.05, 4.69) is 6.92 Å². The molecule has 1 amide bonds. The molecule has 110 valence electrons. The number of rotatable bonds is 6. The Morgan fingerprint density at radius 3 is 2.55 bits per heavy atom. The normalized spacial score (nSPS) is 16.1. The molecule has 0 unspecified atom stereocenters. The fraction of sp³-hybridized carbons (Fsp3) is 0.588. The molecule has 1 fully saturated rings. The van der Waals surface area contributed by atoms with Crippen molar-refractivity contribution in [3.05, 3.63) is 30.3 Å². The third-order valence-electron chi connectivity index (χ3n) is 3.83. The number of ether oxygens (including phenoxy) is 1. The van der Waals surface area contributed by atoms with Gasteiger partial charge in [0.1, 0.15) is 11.9 Å². The Balaban J connectivity index is 1.71. The number of likely N-dealkylation sites (tertiary alicyclic amines) is 1. The average molecular weight is 275 g/mol. The smallest absolute Gasteiger partial charge is 0.222 e. The standard InChI is InChI=1S/C17H25NO2/c1-2-3-5-10-17(19)18-13-11-16(12-14-18)20-15-8-6-4-7-9-15/h4,6-9,16H,2-3,5,10-14H2,1H3. The highest BCUT2D eigenvalue weighted by atomic mass is 16.5. The van der Waals surface area contributed by atoms with E-state index >= 15 is 0 Å². The lowest BCUT2D eigenvalue weighted by molar-refractivity contribution is -0.133. The number of benzene rings is 1. The summed E-state index contributed by atoms with van der Waals surface area (Å²) >= 11 is 0. The molecule has 2 rings (SSSR count). The lowest BCUT2D eigenvalue weighted by Crippen LogP contribution is -2.41. The van der Waals surface area contributed by atoms with Gasteiger partial charge in [0.15, 0.2) is 0 Å². The van der Waals surface area contributed by atoms with Gasteiger partial charge in [-0.1, -0.05) is 38.0 Å². The molecule has 0 radical (unpaired) electrons. The van der Waals surface area contributed by atoms with E-state index in [4.69, 9.17) is 4.74 Å². The number of carbonyl (C=O) groups excluding carboxylic acids is 1. The van der Waals surface area contributed by atoms with Gasteiger partial charge in [0.25, 0.3) is 0 Å². The van der Waals surface area contributed by atoms with Gasteiger partial charge in [0.2, 0.25) is 5.91 Å². The van der Waals surface area contributed by atoms with Crippen molar-refractivity contribution in [1.29, 1.82) is 0 Å². The Morgan fingerprint density at radius 2 is 1.90 bits per heavy atom. The number of unbranched alkanes of at least 4 members (excludes halogenated alkanes) is 2. The van der Waals surface area contributed by atoms with Crippen molar-refractivity contribution in [3.63, 3.8) is 0 Å². The predicted molar refractivity (Wildman–Crippen MR) is 80.8 cm³/mol. The van der Waals surface area contributed by atoms with E-state index in [9.17, 15) is 4.79 Å². The maximum absolute atomic E-state index is 12.0. The highest BCUT2D eigenvalue weighted by Crippen LogP contribution is 2.19. The second kappa shape index (κ2) is 7.93. The van der Waals surface area contributed by atoms with Crippen LogP contribution in [0.3, 0.4) is 0 Å². The van der Waals surface area contributed by atoms with Gasteiger partial charge in [-0.3, -0.25) is 4.79 Å². The highest BCUT2D eigenvalue weighted by Gasteiger charge is 2.23. The van der Waals surface area contributed by atoms with Gasteiger partial charge in [0, 0.05) is 32.4 Å². The lowest BCUT2D eigenvalue weighted by atomic mass is 10.1. The summed E-state index contributed by atoms with van der Waals surface area (Å²) < 4.78 is 5.94. The van der Waals surface area contributed by atoms with Gasteiger partial charge in [-0.15, -0.1) is 0 Å². The second-order valence-electron chi connectivity index (χ2n) is 5.47. The van der Waals surface area contributed by atoms with Crippen molar-refractivity contribution < 1.29 is 9.53 Å². The van der Waals surface area contributed by atoms with Crippen molar-refractivity contribution in [2.24, 2.45) is 0 Å². The molecule has 0 atom stereocenters. The second-order valence-corrected chi connectivity index (χ2v) is 5.47. The molecule has 1 aromatic carbocycles. The van der Waals surface area contributed by atoms with Gasteiger partial charge >= 0.3 is 0 Å². The van der Waals surface area contributed by atoms with Crippen LogP contribution in [0.25, 0.3) is 0 Å². The van der Waals surface area contributed by atoms with E-state index < -0.39 is 0 Å². The molecule has 1 aromatic rings. The van der Waals surface area contributed by atoms with Crippen LogP contribution in [-0.2, 0) is 4.79 Å². The Hall–Kier alpha value is -1.51. The van der Waals surface area contributed by atoms with Crippen LogP contribution in [0.4, 0.5) is 0 Å². The first kappa shape index (κ1) is 14.9. The molecule has 0 aliphatic carbocycles. The third-order valence-corrected chi connectivity index (χ3v) is 3.83. The minimum Gasteiger partial charge on any atom is -0.490 e. The molecule has 0 saturated carbocycles. The maximum atomic E-state index is 12.0. The Kier molecular flexibility index (Phi) is 5.90. The van der Waals surface area contributed by atoms with Crippen molar-refractivity contribution >= 4 is 5.91 Å². The van der Waals surface area contributed by atoms with E-state index in [1.165, 1.54) is 6.42 Å². The number of para-hydroxylation sites is 1. The molecule has 1 heterocycles. The minimum atomic E-state index is 0.247. The van der Waals surface area contributed by atoms with Gasteiger partial charge < -0.3 is 9.64 Å². The molecule has 20 heavy (non-hydrogen) atoms. The van der Waals surface area contributed by atoms with Crippen LogP contribution in [0.5, 0.6) is 5.75 Å². The van der Waals surface area contributed by atoms with Crippen LogP contribution in [0.15, 0.2) is 30.3 Å². The largest absolute Gasteiger partial charge is 0.490 e. The van der Waals surface area contributed by atoms with Crippen LogP contribution in [-0.4, -0.2) is 30.0 Å². The fourth-order valence-corrected chi connectivity index (χ4v) is 2.60. The van der Waals surface area contributed by atoms with Gasteiger partial charge in [-0.25, -0.2) is 0 Å². The maximum Gasteiger partial charge on any atom is 0.222 e. The van der Waals surface area contributed by atoms with E-state index in [-0.39, 0.29) is 6.10 Å². The summed E-state index contributed by atoms with van der Waals surface area (Å²) in [5.74, 6) is 1.25. The molecular weight excluding hydrogens is 250 g/mol. The van der Waals surface area contributed by atoms with E-state index in [1.807, 2.05) is 35.2 Å². The van der Waals surface area contributed by atoms with Crippen LogP contribution < -0.4 is 4.74 Å². The minimum absolute atomic E-state index is 0.247. The summed E-state index contributed by atoms with van der Waals surface area (Å²) in [7, 11) is 0. The number of carbonyl (C=O) groups is 1. The molecule has 0 aromatic heterocycles. The van der Waals surface area contributed by atoms with E-state index in [0.717, 1.165) is 44.5 Å². The van der Waals surface area contributed by atoms with Gasteiger partial charge in [-0.05, 0) is 18.6 Å². The summed E-state index contributed by atoms with van der Waals surface area (Å²) in [6.07, 6.45) is 6.17. The zero-order chi connectivity index (χ0) is 14.2. The molecule has 1 aliphatic heterocycles. The molecule has 3 heteroatoms. The number of hydrogen-bond acceptors (Lipinski definition) is 2. The molecular formula is C17H25NO2. The topological polar surface area (TPSA) is 29.5 Å². The first-order valence-corrected chi connectivity index (χ1v) is 7.79. The highest BCUT2D eigenvalue weighted by molar-refractivity contribution is 5.76. The van der Waals surface area contributed by atoms with Gasteiger partial charge in [0.05, 0.1) is 0 Å². The zero-order valence-corrected chi connectivity index (χ0v) is 12.4. The zero-order valence-electron chi connectivity index (χ0n) is 12.4. The average Bonchev–Trinajstić information content (AvgIpc) is 2.49. The van der Waals surface area contributed by atoms with Crippen LogP contribution in [0.2, 0.25) is 0 Å². The van der Waals surface area contributed by atoms with Crippen molar-refractivity contribution in [2.75, 3.05) is 13.1 Å². The molecule has 0 bridgehead atoms. The summed E-state index contributed by atoms with van der Waals surface area (Å²) in [6, 6.07) is 9.94. The van der Waals surface area contributed by atoms with Gasteiger partial charge in [-0.2, -0.15) is 0 Å². The van der Waals surface area contributed by atoms with Crippen molar-refractivity contribution in [2.45, 2.75) is 51.6 Å². The third kappa shape index (κ3) is 4.55. The summed E-state index contributed by atoms with van der Waals surface area (Å²) in [5, 5.41) is 0. The Morgan fingerprint density at radius 1 is 1.20 bits per heavy atom. The van der Waals surface area contributed by atoms with Crippen LogP contribution in [0.1, 0.15) is 45.4 Å². The molecule has 1 saturated heterocycles. The van der Waals surface area contributed by atoms with Crippen LogP contribution in [0, 0.1) is 0 Å². The van der Waals surface area contributed by atoms with Crippen molar-refractivity contribution in [1.82, 2.24) is 4.90 Å². The predicted octanol–water partition coefficient (Wildman–Crippen LogP) is 3.64. The monoisotopic (exact) mass is 275 g/mol.